The minimum absolute atomic E-state index is 0.00347. The summed E-state index contributed by atoms with van der Waals surface area (Å²) in [5.74, 6) is -0.826. The molecule has 26 heavy (non-hydrogen) atoms. The average molecular weight is 365 g/mol. The normalized spacial score (nSPS) is 10.3. The first-order chi connectivity index (χ1) is 12.5. The fourth-order valence-corrected chi connectivity index (χ4v) is 2.05. The van der Waals surface area contributed by atoms with Crippen LogP contribution in [0.4, 0.5) is 8.78 Å². The van der Waals surface area contributed by atoms with Crippen LogP contribution < -0.4 is 14.8 Å². The number of carbonyl (C=O) groups excluding carboxylic acids is 2. The van der Waals surface area contributed by atoms with E-state index in [0.29, 0.717) is 5.75 Å². The summed E-state index contributed by atoms with van der Waals surface area (Å²) < 4.78 is 38.5. The summed E-state index contributed by atoms with van der Waals surface area (Å²) in [5.41, 5.74) is 0.824. The van der Waals surface area contributed by atoms with E-state index in [0.717, 1.165) is 11.6 Å². The third-order valence-corrected chi connectivity index (χ3v) is 3.25. The highest BCUT2D eigenvalue weighted by molar-refractivity contribution is 5.91. The highest BCUT2D eigenvalue weighted by Crippen LogP contribution is 2.16. The van der Waals surface area contributed by atoms with Crippen molar-refractivity contribution in [1.29, 1.82) is 0 Å². The van der Waals surface area contributed by atoms with Crippen LogP contribution in [0.3, 0.4) is 0 Å². The molecular formula is C18H17F2NO5. The lowest BCUT2D eigenvalue weighted by Crippen LogP contribution is -2.28. The Balaban J connectivity index is 1.82. The summed E-state index contributed by atoms with van der Waals surface area (Å²) in [6.07, 6.45) is 0. The summed E-state index contributed by atoms with van der Waals surface area (Å²) in [5, 5.41) is 2.60. The topological polar surface area (TPSA) is 73.9 Å². The molecule has 2 aromatic rings. The van der Waals surface area contributed by atoms with Crippen LogP contribution in [0, 0.1) is 0 Å². The van der Waals surface area contributed by atoms with E-state index in [1.807, 2.05) is 6.07 Å². The molecule has 0 aliphatic rings. The third-order valence-electron chi connectivity index (χ3n) is 3.25. The van der Waals surface area contributed by atoms with Gasteiger partial charge >= 0.3 is 12.6 Å². The average Bonchev–Trinajstić information content (AvgIpc) is 2.64. The SMILES string of the molecule is COc1cccc(CNC(=O)COC(=O)c2cccc(OC(F)F)c2)c1. The van der Waals surface area contributed by atoms with Gasteiger partial charge in [-0.15, -0.1) is 0 Å². The van der Waals surface area contributed by atoms with Gasteiger partial charge in [-0.2, -0.15) is 8.78 Å². The van der Waals surface area contributed by atoms with Crippen molar-refractivity contribution < 1.29 is 32.6 Å². The molecule has 8 heteroatoms. The molecule has 2 aromatic carbocycles. The molecule has 1 amide bonds. The molecule has 0 heterocycles. The molecule has 2 rings (SSSR count). The van der Waals surface area contributed by atoms with Crippen LogP contribution in [0.2, 0.25) is 0 Å². The van der Waals surface area contributed by atoms with Crippen molar-refractivity contribution in [2.24, 2.45) is 0 Å². The second kappa shape index (κ2) is 9.36. The fraction of sp³-hybridized carbons (Fsp3) is 0.222. The third kappa shape index (κ3) is 6.04. The van der Waals surface area contributed by atoms with Crippen LogP contribution >= 0.6 is 0 Å². The van der Waals surface area contributed by atoms with E-state index in [-0.39, 0.29) is 17.9 Å². The molecule has 0 atom stereocenters. The Labute approximate surface area is 148 Å². The Bertz CT molecular complexity index is 767. The van der Waals surface area contributed by atoms with Gasteiger partial charge in [0.25, 0.3) is 5.91 Å². The maximum atomic E-state index is 12.2. The molecule has 0 saturated carbocycles. The van der Waals surface area contributed by atoms with Crippen molar-refractivity contribution in [3.8, 4) is 11.5 Å². The van der Waals surface area contributed by atoms with E-state index in [9.17, 15) is 18.4 Å². The Morgan fingerprint density at radius 1 is 1.08 bits per heavy atom. The van der Waals surface area contributed by atoms with E-state index < -0.39 is 25.1 Å². The first-order valence-electron chi connectivity index (χ1n) is 7.59. The number of hydrogen-bond donors (Lipinski definition) is 1. The number of alkyl halides is 2. The second-order valence-corrected chi connectivity index (χ2v) is 5.11. The molecule has 0 radical (unpaired) electrons. The standard InChI is InChI=1S/C18H17F2NO5/c1-24-14-6-2-4-12(8-14)10-21-16(22)11-25-17(23)13-5-3-7-15(9-13)26-18(19)20/h2-9,18H,10-11H2,1H3,(H,21,22). The zero-order chi connectivity index (χ0) is 18.9. The van der Waals surface area contributed by atoms with Gasteiger partial charge < -0.3 is 19.5 Å². The van der Waals surface area contributed by atoms with Crippen molar-refractivity contribution in [3.63, 3.8) is 0 Å². The van der Waals surface area contributed by atoms with Crippen LogP contribution in [0.25, 0.3) is 0 Å². The van der Waals surface area contributed by atoms with Crippen molar-refractivity contribution >= 4 is 11.9 Å². The predicted molar refractivity (Wildman–Crippen MR) is 88.2 cm³/mol. The van der Waals surface area contributed by atoms with E-state index in [1.54, 1.807) is 25.3 Å². The van der Waals surface area contributed by atoms with Crippen molar-refractivity contribution in [2.75, 3.05) is 13.7 Å². The van der Waals surface area contributed by atoms with Crippen LogP contribution in [0.1, 0.15) is 15.9 Å². The number of halogens is 2. The molecular weight excluding hydrogens is 348 g/mol. The lowest BCUT2D eigenvalue weighted by Gasteiger charge is -2.09. The summed E-state index contributed by atoms with van der Waals surface area (Å²) in [7, 11) is 1.54. The van der Waals surface area contributed by atoms with Crippen LogP contribution in [-0.2, 0) is 16.1 Å². The maximum Gasteiger partial charge on any atom is 0.387 e. The first-order valence-corrected chi connectivity index (χ1v) is 7.59. The number of amides is 1. The number of methoxy groups -OCH3 is 1. The molecule has 0 unspecified atom stereocenters. The zero-order valence-electron chi connectivity index (χ0n) is 13.9. The van der Waals surface area contributed by atoms with Gasteiger partial charge in [0, 0.05) is 6.54 Å². The van der Waals surface area contributed by atoms with E-state index in [2.05, 4.69) is 10.1 Å². The van der Waals surface area contributed by atoms with Crippen molar-refractivity contribution in [2.45, 2.75) is 13.2 Å². The molecule has 0 aliphatic heterocycles. The molecule has 0 spiro atoms. The quantitative estimate of drug-likeness (QED) is 0.728. The summed E-state index contributed by atoms with van der Waals surface area (Å²) >= 11 is 0. The van der Waals surface area contributed by atoms with Gasteiger partial charge in [0.1, 0.15) is 11.5 Å². The molecule has 138 valence electrons. The number of benzene rings is 2. The molecule has 0 fully saturated rings. The van der Waals surface area contributed by atoms with Gasteiger partial charge in [-0.25, -0.2) is 4.79 Å². The number of esters is 1. The highest BCUT2D eigenvalue weighted by Gasteiger charge is 2.12. The number of hydrogen-bond acceptors (Lipinski definition) is 5. The zero-order valence-corrected chi connectivity index (χ0v) is 13.9. The molecule has 0 bridgehead atoms. The Morgan fingerprint density at radius 2 is 1.81 bits per heavy atom. The molecule has 1 N–H and O–H groups in total. The largest absolute Gasteiger partial charge is 0.497 e. The smallest absolute Gasteiger partial charge is 0.387 e. The summed E-state index contributed by atoms with van der Waals surface area (Å²) in [6.45, 7) is -3.25. The second-order valence-electron chi connectivity index (χ2n) is 5.11. The number of nitrogens with one attached hydrogen (secondary N) is 1. The van der Waals surface area contributed by atoms with Crippen molar-refractivity contribution in [1.82, 2.24) is 5.32 Å². The van der Waals surface area contributed by atoms with Gasteiger partial charge in [-0.1, -0.05) is 18.2 Å². The van der Waals surface area contributed by atoms with Gasteiger partial charge in [0.2, 0.25) is 0 Å². The van der Waals surface area contributed by atoms with E-state index in [1.165, 1.54) is 18.2 Å². The van der Waals surface area contributed by atoms with Gasteiger partial charge in [-0.3, -0.25) is 4.79 Å². The van der Waals surface area contributed by atoms with Crippen LogP contribution in [0.5, 0.6) is 11.5 Å². The number of ether oxygens (including phenoxy) is 3. The Kier molecular flexibility index (Phi) is 6.90. The number of carbonyl (C=O) groups is 2. The minimum atomic E-state index is -3.00. The molecule has 0 saturated heterocycles. The van der Waals surface area contributed by atoms with E-state index >= 15 is 0 Å². The predicted octanol–water partition coefficient (Wildman–Crippen LogP) is 2.77. The summed E-state index contributed by atoms with van der Waals surface area (Å²) in [6, 6.07) is 12.3. The van der Waals surface area contributed by atoms with E-state index in [4.69, 9.17) is 9.47 Å². The Morgan fingerprint density at radius 3 is 2.54 bits per heavy atom. The molecule has 0 aliphatic carbocycles. The first kappa shape index (κ1) is 19.2. The van der Waals surface area contributed by atoms with Gasteiger partial charge in [-0.05, 0) is 35.9 Å². The maximum absolute atomic E-state index is 12.2. The molecule has 6 nitrogen and oxygen atoms in total. The minimum Gasteiger partial charge on any atom is -0.497 e. The summed E-state index contributed by atoms with van der Waals surface area (Å²) in [4.78, 5) is 23.7. The highest BCUT2D eigenvalue weighted by atomic mass is 19.3. The number of rotatable bonds is 8. The van der Waals surface area contributed by atoms with Gasteiger partial charge in [0.15, 0.2) is 6.61 Å². The lowest BCUT2D eigenvalue weighted by atomic mass is 10.2. The monoisotopic (exact) mass is 365 g/mol. The van der Waals surface area contributed by atoms with Crippen LogP contribution in [0.15, 0.2) is 48.5 Å². The molecule has 0 aromatic heterocycles. The van der Waals surface area contributed by atoms with Gasteiger partial charge in [0.05, 0.1) is 12.7 Å². The van der Waals surface area contributed by atoms with Crippen molar-refractivity contribution in [3.05, 3.63) is 59.7 Å². The Hall–Kier alpha value is -3.16. The lowest BCUT2D eigenvalue weighted by molar-refractivity contribution is -0.124. The fourth-order valence-electron chi connectivity index (χ4n) is 2.05. The van der Waals surface area contributed by atoms with Crippen LogP contribution in [-0.4, -0.2) is 32.2 Å².